The molecule has 6 nitrogen and oxygen atoms in total. The molecule has 0 unspecified atom stereocenters. The highest BCUT2D eigenvalue weighted by Gasteiger charge is 2.28. The summed E-state index contributed by atoms with van der Waals surface area (Å²) in [7, 11) is 0. The molecule has 4 rings (SSSR count). The first-order valence-corrected chi connectivity index (χ1v) is 9.20. The zero-order valence-corrected chi connectivity index (χ0v) is 16.7. The number of hydrogen-bond acceptors (Lipinski definition) is 5. The molecule has 0 bridgehead atoms. The van der Waals surface area contributed by atoms with Gasteiger partial charge in [0.2, 0.25) is 0 Å². The summed E-state index contributed by atoms with van der Waals surface area (Å²) in [5, 5.41) is 0. The van der Waals surface area contributed by atoms with Gasteiger partial charge in [0.15, 0.2) is 11.6 Å². The Hall–Kier alpha value is -2.93. The molecule has 1 aliphatic rings. The number of piperidine rings is 1. The number of carbonyl (C=O) groups excluding carboxylic acids is 1. The first-order valence-electron chi connectivity index (χ1n) is 9.20. The van der Waals surface area contributed by atoms with Gasteiger partial charge >= 0.3 is 6.09 Å². The van der Waals surface area contributed by atoms with Crippen molar-refractivity contribution in [3.05, 3.63) is 66.3 Å². The molecule has 0 radical (unpaired) electrons. The number of amides is 1. The van der Waals surface area contributed by atoms with Gasteiger partial charge in [-0.25, -0.2) is 14.2 Å². The van der Waals surface area contributed by atoms with Crippen LogP contribution in [0.15, 0.2) is 53.3 Å². The molecule has 1 fully saturated rings. The van der Waals surface area contributed by atoms with Gasteiger partial charge in [0.25, 0.3) is 0 Å². The number of pyridine rings is 1. The van der Waals surface area contributed by atoms with Crippen molar-refractivity contribution in [2.75, 3.05) is 13.1 Å². The van der Waals surface area contributed by atoms with E-state index >= 15 is 0 Å². The lowest BCUT2D eigenvalue weighted by molar-refractivity contribution is 0.135. The van der Waals surface area contributed by atoms with Gasteiger partial charge < -0.3 is 14.1 Å². The Morgan fingerprint density at radius 3 is 2.76 bits per heavy atom. The normalized spacial score (nSPS) is 14.3. The Balaban J connectivity index is 0.00000240. The number of hydrogen-bond donors (Lipinski definition) is 0. The van der Waals surface area contributed by atoms with Crippen LogP contribution in [0.1, 0.15) is 30.3 Å². The van der Waals surface area contributed by atoms with Gasteiger partial charge in [-0.1, -0.05) is 12.1 Å². The van der Waals surface area contributed by atoms with Crippen LogP contribution < -0.4 is 4.74 Å². The van der Waals surface area contributed by atoms with E-state index in [1.165, 1.54) is 12.1 Å². The van der Waals surface area contributed by atoms with E-state index < -0.39 is 0 Å². The molecule has 0 saturated carbocycles. The molecule has 0 aliphatic carbocycles. The van der Waals surface area contributed by atoms with Gasteiger partial charge in [0.05, 0.1) is 5.69 Å². The van der Waals surface area contributed by atoms with E-state index in [9.17, 15) is 9.18 Å². The number of aryl methyl sites for hydroxylation is 1. The predicted octanol–water partition coefficient (Wildman–Crippen LogP) is 4.98. The molecule has 1 aliphatic heterocycles. The van der Waals surface area contributed by atoms with Gasteiger partial charge in [-0.15, -0.1) is 12.4 Å². The van der Waals surface area contributed by atoms with Gasteiger partial charge in [-0.2, -0.15) is 0 Å². The van der Waals surface area contributed by atoms with E-state index in [1.54, 1.807) is 48.5 Å². The van der Waals surface area contributed by atoms with Crippen molar-refractivity contribution in [3.63, 3.8) is 0 Å². The van der Waals surface area contributed by atoms with Crippen molar-refractivity contribution in [2.24, 2.45) is 0 Å². The van der Waals surface area contributed by atoms with Crippen LogP contribution in [0.4, 0.5) is 9.18 Å². The predicted molar refractivity (Wildman–Crippen MR) is 108 cm³/mol. The molecule has 8 heteroatoms. The van der Waals surface area contributed by atoms with Crippen LogP contribution in [-0.2, 0) is 0 Å². The largest absolute Gasteiger partial charge is 0.448 e. The molecule has 3 aromatic rings. The maximum absolute atomic E-state index is 13.4. The summed E-state index contributed by atoms with van der Waals surface area (Å²) < 4.78 is 24.5. The molecular weight excluding hydrogens is 397 g/mol. The highest BCUT2D eigenvalue weighted by atomic mass is 35.5. The highest BCUT2D eigenvalue weighted by molar-refractivity contribution is 5.85. The average molecular weight is 418 g/mol. The smallest absolute Gasteiger partial charge is 0.415 e. The Morgan fingerprint density at radius 1 is 1.24 bits per heavy atom. The summed E-state index contributed by atoms with van der Waals surface area (Å²) in [4.78, 5) is 22.7. The van der Waals surface area contributed by atoms with Crippen molar-refractivity contribution in [1.82, 2.24) is 14.9 Å². The van der Waals surface area contributed by atoms with Crippen molar-refractivity contribution in [2.45, 2.75) is 25.7 Å². The molecule has 0 N–H and O–H groups in total. The maximum atomic E-state index is 13.4. The summed E-state index contributed by atoms with van der Waals surface area (Å²) in [6.07, 6.45) is 4.29. The Kier molecular flexibility index (Phi) is 6.49. The average Bonchev–Trinajstić information content (AvgIpc) is 3.20. The molecule has 3 heterocycles. The number of carbonyl (C=O) groups is 1. The number of rotatable bonds is 3. The third-order valence-corrected chi connectivity index (χ3v) is 4.90. The Morgan fingerprint density at radius 2 is 2.03 bits per heavy atom. The summed E-state index contributed by atoms with van der Waals surface area (Å²) >= 11 is 0. The van der Waals surface area contributed by atoms with Gasteiger partial charge in [0.1, 0.15) is 17.8 Å². The fraction of sp³-hybridized carbons (Fsp3) is 0.286. The number of nitrogens with zero attached hydrogens (tertiary/aromatic N) is 3. The van der Waals surface area contributed by atoms with Crippen molar-refractivity contribution in [1.29, 1.82) is 0 Å². The number of aromatic nitrogens is 2. The van der Waals surface area contributed by atoms with Crippen LogP contribution >= 0.6 is 12.4 Å². The lowest BCUT2D eigenvalue weighted by atomic mass is 9.97. The molecular formula is C21H21ClFN3O3. The van der Waals surface area contributed by atoms with Crippen molar-refractivity contribution >= 4 is 18.5 Å². The van der Waals surface area contributed by atoms with E-state index in [4.69, 9.17) is 9.15 Å². The van der Waals surface area contributed by atoms with Crippen LogP contribution in [0.2, 0.25) is 0 Å². The van der Waals surface area contributed by atoms with E-state index in [-0.39, 0.29) is 30.2 Å². The van der Waals surface area contributed by atoms with Crippen LogP contribution in [0, 0.1) is 12.7 Å². The number of likely N-dealkylation sites (tertiary alicyclic amines) is 1. The minimum absolute atomic E-state index is 0. The van der Waals surface area contributed by atoms with Crippen molar-refractivity contribution < 1.29 is 18.3 Å². The number of halogens is 2. The lowest BCUT2D eigenvalue weighted by Gasteiger charge is -2.29. The van der Waals surface area contributed by atoms with Crippen LogP contribution in [0.3, 0.4) is 0 Å². The summed E-state index contributed by atoms with van der Waals surface area (Å²) in [5.41, 5.74) is 1.97. The van der Waals surface area contributed by atoms with Gasteiger partial charge in [0, 0.05) is 30.8 Å². The second-order valence-electron chi connectivity index (χ2n) is 6.80. The second kappa shape index (κ2) is 9.05. The standard InChI is InChI=1S/C21H20FN3O3.ClH/c1-14-19(6-3-9-23-14)28-21(26)25-10-7-15(8-11-25)20-24-18(13-27-20)16-4-2-5-17(22)12-16;/h2-6,9,12-13,15H,7-8,10-11H2,1H3;1H. The molecule has 1 saturated heterocycles. The van der Waals surface area contributed by atoms with Gasteiger partial charge in [-0.05, 0) is 44.0 Å². The molecule has 0 spiro atoms. The van der Waals surface area contributed by atoms with E-state index in [0.717, 1.165) is 12.8 Å². The fourth-order valence-electron chi connectivity index (χ4n) is 3.30. The molecule has 152 valence electrons. The summed E-state index contributed by atoms with van der Waals surface area (Å²) in [6.45, 7) is 2.91. The SMILES string of the molecule is Cc1ncccc1OC(=O)N1CCC(c2nc(-c3cccc(F)c3)co2)CC1.Cl. The Labute approximate surface area is 174 Å². The minimum atomic E-state index is -0.373. The van der Waals surface area contributed by atoms with E-state index in [1.807, 2.05) is 0 Å². The van der Waals surface area contributed by atoms with E-state index in [0.29, 0.717) is 41.7 Å². The van der Waals surface area contributed by atoms with Crippen molar-refractivity contribution in [3.8, 4) is 17.0 Å². The molecule has 2 aromatic heterocycles. The number of benzene rings is 1. The number of oxazole rings is 1. The monoisotopic (exact) mass is 417 g/mol. The first-order chi connectivity index (χ1) is 13.6. The lowest BCUT2D eigenvalue weighted by Crippen LogP contribution is -2.39. The zero-order valence-electron chi connectivity index (χ0n) is 15.9. The number of ether oxygens (including phenoxy) is 1. The first kappa shape index (κ1) is 20.8. The van der Waals surface area contributed by atoms with E-state index in [2.05, 4.69) is 9.97 Å². The zero-order chi connectivity index (χ0) is 19.5. The molecule has 1 amide bonds. The van der Waals surface area contributed by atoms with Crippen LogP contribution in [-0.4, -0.2) is 34.1 Å². The topological polar surface area (TPSA) is 68.5 Å². The fourth-order valence-corrected chi connectivity index (χ4v) is 3.30. The molecule has 29 heavy (non-hydrogen) atoms. The third-order valence-electron chi connectivity index (χ3n) is 4.90. The Bertz CT molecular complexity index is 987. The van der Waals surface area contributed by atoms with Crippen LogP contribution in [0.5, 0.6) is 5.75 Å². The highest BCUT2D eigenvalue weighted by Crippen LogP contribution is 2.30. The molecule has 0 atom stereocenters. The van der Waals surface area contributed by atoms with Crippen LogP contribution in [0.25, 0.3) is 11.3 Å². The van der Waals surface area contributed by atoms with Gasteiger partial charge in [-0.3, -0.25) is 4.98 Å². The quantitative estimate of drug-likeness (QED) is 0.600. The summed E-state index contributed by atoms with van der Waals surface area (Å²) in [5.74, 6) is 0.904. The third kappa shape index (κ3) is 4.74. The summed E-state index contributed by atoms with van der Waals surface area (Å²) in [6, 6.07) is 9.73. The molecule has 1 aromatic carbocycles. The minimum Gasteiger partial charge on any atom is -0.448 e. The second-order valence-corrected chi connectivity index (χ2v) is 6.80. The maximum Gasteiger partial charge on any atom is 0.415 e.